The van der Waals surface area contributed by atoms with Crippen LogP contribution in [-0.2, 0) is 14.6 Å². The van der Waals surface area contributed by atoms with Crippen LogP contribution in [0.25, 0.3) is 11.3 Å². The van der Waals surface area contributed by atoms with Gasteiger partial charge >= 0.3 is 0 Å². The highest BCUT2D eigenvalue weighted by molar-refractivity contribution is 7.91. The fourth-order valence-corrected chi connectivity index (χ4v) is 6.10. The first-order valence-corrected chi connectivity index (χ1v) is 14.2. The van der Waals surface area contributed by atoms with Crippen molar-refractivity contribution in [1.82, 2.24) is 4.98 Å². The van der Waals surface area contributed by atoms with Crippen LogP contribution in [0.4, 0.5) is 0 Å². The summed E-state index contributed by atoms with van der Waals surface area (Å²) in [5.74, 6) is -1.41. The van der Waals surface area contributed by atoms with Gasteiger partial charge in [0.15, 0.2) is 15.6 Å². The van der Waals surface area contributed by atoms with Crippen LogP contribution in [-0.4, -0.2) is 25.1 Å². The average Bonchev–Trinajstić information content (AvgIpc) is 3.25. The van der Waals surface area contributed by atoms with Crippen molar-refractivity contribution in [3.63, 3.8) is 0 Å². The number of hydrogen-bond acceptors (Lipinski definition) is 6. The SMILES string of the molecule is CCS(=O)(=O)c1ccc(C(C(N)=O)c2nc(-c3cccc(Cl)c3)c(Oc3c(Cl)cccc3Cl)s2)cc1. The number of para-hydroxylation sites is 1. The van der Waals surface area contributed by atoms with Gasteiger partial charge in [-0.25, -0.2) is 13.4 Å². The van der Waals surface area contributed by atoms with Gasteiger partial charge in [-0.2, -0.15) is 0 Å². The molecule has 0 aliphatic carbocycles. The second-order valence-corrected chi connectivity index (χ2v) is 12.2. The fourth-order valence-electron chi connectivity index (χ4n) is 3.47. The van der Waals surface area contributed by atoms with Crippen LogP contribution < -0.4 is 10.5 Å². The van der Waals surface area contributed by atoms with Crippen molar-refractivity contribution in [1.29, 1.82) is 0 Å². The summed E-state index contributed by atoms with van der Waals surface area (Å²) in [6.07, 6.45) is 0. The zero-order chi connectivity index (χ0) is 26.0. The molecule has 0 bridgehead atoms. The van der Waals surface area contributed by atoms with Gasteiger partial charge in [0.05, 0.1) is 20.7 Å². The van der Waals surface area contributed by atoms with E-state index in [1.807, 2.05) is 0 Å². The maximum atomic E-state index is 12.6. The summed E-state index contributed by atoms with van der Waals surface area (Å²) in [6, 6.07) is 18.0. The van der Waals surface area contributed by atoms with Crippen molar-refractivity contribution in [2.75, 3.05) is 5.75 Å². The van der Waals surface area contributed by atoms with Crippen LogP contribution in [0, 0.1) is 0 Å². The Labute approximate surface area is 227 Å². The van der Waals surface area contributed by atoms with E-state index in [1.165, 1.54) is 12.1 Å². The minimum atomic E-state index is -3.40. The second-order valence-electron chi connectivity index (χ2n) is 7.66. The molecule has 0 aliphatic rings. The van der Waals surface area contributed by atoms with Crippen LogP contribution in [0.5, 0.6) is 10.8 Å². The van der Waals surface area contributed by atoms with Crippen molar-refractivity contribution in [3.05, 3.63) is 92.4 Å². The molecule has 6 nitrogen and oxygen atoms in total. The normalized spacial score (nSPS) is 12.3. The number of halogens is 3. The number of ether oxygens (including phenoxy) is 1. The van der Waals surface area contributed by atoms with Crippen molar-refractivity contribution >= 4 is 61.9 Å². The first-order valence-electron chi connectivity index (χ1n) is 10.6. The number of thiazole rings is 1. The lowest BCUT2D eigenvalue weighted by atomic mass is 9.99. The minimum Gasteiger partial charge on any atom is -0.441 e. The third-order valence-corrected chi connectivity index (χ3v) is 8.89. The minimum absolute atomic E-state index is 0.0353. The van der Waals surface area contributed by atoms with Gasteiger partial charge in [0.2, 0.25) is 11.0 Å². The van der Waals surface area contributed by atoms with E-state index < -0.39 is 21.7 Å². The van der Waals surface area contributed by atoms with Gasteiger partial charge in [-0.15, -0.1) is 0 Å². The number of sulfone groups is 1. The molecule has 0 radical (unpaired) electrons. The van der Waals surface area contributed by atoms with Crippen LogP contribution in [0.1, 0.15) is 23.4 Å². The molecule has 0 saturated carbocycles. The van der Waals surface area contributed by atoms with E-state index in [9.17, 15) is 13.2 Å². The van der Waals surface area contributed by atoms with E-state index in [1.54, 1.807) is 61.5 Å². The molecule has 4 rings (SSSR count). The number of primary amides is 1. The Morgan fingerprint density at radius 2 is 1.67 bits per heavy atom. The summed E-state index contributed by atoms with van der Waals surface area (Å²) in [6.45, 7) is 1.56. The van der Waals surface area contributed by atoms with Gasteiger partial charge in [-0.3, -0.25) is 4.79 Å². The lowest BCUT2D eigenvalue weighted by Gasteiger charge is -2.12. The number of nitrogens with two attached hydrogens (primary N) is 1. The van der Waals surface area contributed by atoms with E-state index in [2.05, 4.69) is 0 Å². The first kappa shape index (κ1) is 26.4. The molecule has 4 aromatic rings. The third kappa shape index (κ3) is 5.53. The van der Waals surface area contributed by atoms with E-state index in [0.717, 1.165) is 11.3 Å². The van der Waals surface area contributed by atoms with Crippen molar-refractivity contribution in [2.45, 2.75) is 17.7 Å². The van der Waals surface area contributed by atoms with Crippen LogP contribution in [0.15, 0.2) is 71.6 Å². The molecule has 0 saturated heterocycles. The highest BCUT2D eigenvalue weighted by Gasteiger charge is 2.28. The van der Waals surface area contributed by atoms with E-state index >= 15 is 0 Å². The lowest BCUT2D eigenvalue weighted by Crippen LogP contribution is -2.22. The molecule has 0 spiro atoms. The maximum Gasteiger partial charge on any atom is 0.231 e. The quantitative estimate of drug-likeness (QED) is 0.242. The Balaban J connectivity index is 1.84. The molecule has 11 heteroatoms. The molecule has 186 valence electrons. The lowest BCUT2D eigenvalue weighted by molar-refractivity contribution is -0.118. The summed E-state index contributed by atoms with van der Waals surface area (Å²) >= 11 is 19.9. The zero-order valence-corrected chi connectivity index (χ0v) is 22.6. The number of nitrogens with zero attached hydrogens (tertiary/aromatic N) is 1. The monoisotopic (exact) mass is 580 g/mol. The molecule has 0 fully saturated rings. The number of carbonyl (C=O) groups is 1. The van der Waals surface area contributed by atoms with Crippen molar-refractivity contribution in [2.24, 2.45) is 5.73 Å². The number of hydrogen-bond donors (Lipinski definition) is 1. The predicted octanol–water partition coefficient (Wildman–Crippen LogP) is 6.97. The molecular weight excluding hydrogens is 563 g/mol. The molecule has 3 aromatic carbocycles. The Morgan fingerprint density at radius 3 is 2.25 bits per heavy atom. The molecular formula is C25H19Cl3N2O4S2. The summed E-state index contributed by atoms with van der Waals surface area (Å²) in [5, 5.41) is 1.77. The summed E-state index contributed by atoms with van der Waals surface area (Å²) in [4.78, 5) is 17.4. The standard InChI is InChI=1S/C25H19Cl3N2O4S2/c1-2-36(32,33)17-11-9-14(10-12-17)20(23(29)31)24-30-21(15-5-3-6-16(26)13-15)25(35-24)34-22-18(27)7-4-8-19(22)28/h3-13,20H,2H2,1H3,(H2,29,31). The molecule has 1 aromatic heterocycles. The van der Waals surface area contributed by atoms with Gasteiger partial charge in [-0.05, 0) is 42.0 Å². The largest absolute Gasteiger partial charge is 0.441 e. The summed E-state index contributed by atoms with van der Waals surface area (Å²) < 4.78 is 30.5. The zero-order valence-electron chi connectivity index (χ0n) is 18.7. The van der Waals surface area contributed by atoms with Crippen LogP contribution in [0.3, 0.4) is 0 Å². The second kappa shape index (κ2) is 10.8. The highest BCUT2D eigenvalue weighted by Crippen LogP contribution is 2.45. The molecule has 1 unspecified atom stereocenters. The molecule has 1 atom stereocenters. The summed E-state index contributed by atoms with van der Waals surface area (Å²) in [5.41, 5.74) is 7.34. The van der Waals surface area contributed by atoms with E-state index in [0.29, 0.717) is 42.0 Å². The predicted molar refractivity (Wildman–Crippen MR) is 144 cm³/mol. The highest BCUT2D eigenvalue weighted by atomic mass is 35.5. The number of benzene rings is 3. The number of rotatable bonds is 8. The topological polar surface area (TPSA) is 99.3 Å². The maximum absolute atomic E-state index is 12.6. The Hall–Kier alpha value is -2.62. The van der Waals surface area contributed by atoms with E-state index in [4.69, 9.17) is 50.3 Å². The number of aromatic nitrogens is 1. The van der Waals surface area contributed by atoms with Gasteiger partial charge < -0.3 is 10.5 Å². The van der Waals surface area contributed by atoms with Crippen LogP contribution in [0.2, 0.25) is 15.1 Å². The average molecular weight is 582 g/mol. The molecule has 1 heterocycles. The Bertz CT molecular complexity index is 1520. The first-order chi connectivity index (χ1) is 17.1. The molecule has 36 heavy (non-hydrogen) atoms. The van der Waals surface area contributed by atoms with Gasteiger partial charge in [0.1, 0.15) is 16.6 Å². The summed E-state index contributed by atoms with van der Waals surface area (Å²) in [7, 11) is -3.40. The van der Waals surface area contributed by atoms with Gasteiger partial charge in [0.25, 0.3) is 0 Å². The van der Waals surface area contributed by atoms with Gasteiger partial charge in [-0.1, -0.05) is 83.4 Å². The number of amides is 1. The third-order valence-electron chi connectivity index (χ3n) is 5.31. The molecule has 0 aliphatic heterocycles. The Morgan fingerprint density at radius 1 is 1.03 bits per heavy atom. The van der Waals surface area contributed by atoms with Crippen LogP contribution >= 0.6 is 46.1 Å². The fraction of sp³-hybridized carbons (Fsp3) is 0.120. The van der Waals surface area contributed by atoms with E-state index in [-0.39, 0.29) is 16.4 Å². The molecule has 2 N–H and O–H groups in total. The van der Waals surface area contributed by atoms with Gasteiger partial charge in [0, 0.05) is 10.6 Å². The number of carbonyl (C=O) groups excluding carboxylic acids is 1. The Kier molecular flexibility index (Phi) is 7.92. The smallest absolute Gasteiger partial charge is 0.231 e. The van der Waals surface area contributed by atoms with Crippen molar-refractivity contribution in [3.8, 4) is 22.1 Å². The molecule has 1 amide bonds. The van der Waals surface area contributed by atoms with Crippen molar-refractivity contribution < 1.29 is 17.9 Å².